The van der Waals surface area contributed by atoms with Gasteiger partial charge in [-0.3, -0.25) is 14.4 Å². The molecule has 1 heterocycles. The van der Waals surface area contributed by atoms with Crippen LogP contribution in [-0.4, -0.2) is 54.5 Å². The minimum absolute atomic E-state index is 0.00502. The van der Waals surface area contributed by atoms with Gasteiger partial charge in [0.15, 0.2) is 5.76 Å². The number of rotatable bonds is 5. The van der Waals surface area contributed by atoms with Gasteiger partial charge in [-0.2, -0.15) is 0 Å². The van der Waals surface area contributed by atoms with Crippen LogP contribution < -0.4 is 5.32 Å². The first-order chi connectivity index (χ1) is 18.0. The molecule has 9 nitrogen and oxygen atoms in total. The summed E-state index contributed by atoms with van der Waals surface area (Å²) in [5.41, 5.74) is -0.692. The lowest BCUT2D eigenvalue weighted by Crippen LogP contribution is -2.57. The second kappa shape index (κ2) is 9.23. The first-order valence-electron chi connectivity index (χ1n) is 12.7. The van der Waals surface area contributed by atoms with Crippen LogP contribution in [0.1, 0.15) is 40.0 Å². The highest BCUT2D eigenvalue weighted by atomic mass is 16.6. The number of aliphatic hydroxyl groups excluding tert-OH is 1. The number of benzene rings is 1. The van der Waals surface area contributed by atoms with Crippen molar-refractivity contribution in [3.8, 4) is 0 Å². The third-order valence-electron chi connectivity index (χ3n) is 8.58. The maximum Gasteiger partial charge on any atom is 0.340 e. The fourth-order valence-corrected chi connectivity index (χ4v) is 6.79. The molecule has 0 bridgehead atoms. The highest BCUT2D eigenvalue weighted by Crippen LogP contribution is 2.62. The molecule has 9 heteroatoms. The van der Waals surface area contributed by atoms with Gasteiger partial charge in [0.05, 0.1) is 17.6 Å². The largest absolute Gasteiger partial charge is 0.504 e. The summed E-state index contributed by atoms with van der Waals surface area (Å²) in [6, 6.07) is 9.09. The lowest BCUT2D eigenvalue weighted by Gasteiger charge is -2.53. The summed E-state index contributed by atoms with van der Waals surface area (Å²) in [5.74, 6) is -2.99. The predicted octanol–water partition coefficient (Wildman–Crippen LogP) is 3.57. The molecule has 0 spiro atoms. The zero-order valence-electron chi connectivity index (χ0n) is 21.8. The number of hydrogen-bond donors (Lipinski definition) is 2. The molecule has 3 aliphatic carbocycles. The van der Waals surface area contributed by atoms with E-state index >= 15 is 0 Å². The van der Waals surface area contributed by atoms with Crippen molar-refractivity contribution in [3.63, 3.8) is 0 Å². The lowest BCUT2D eigenvalue weighted by atomic mass is 9.53. The van der Waals surface area contributed by atoms with E-state index in [2.05, 4.69) is 5.32 Å². The summed E-state index contributed by atoms with van der Waals surface area (Å²) in [5, 5.41) is 14.5. The van der Waals surface area contributed by atoms with Gasteiger partial charge < -0.3 is 24.6 Å². The molecule has 4 aliphatic rings. The number of carbonyl (C=O) groups excluding carboxylic acids is 4. The number of allylic oxidation sites excluding steroid dienone is 1. The Kier molecular flexibility index (Phi) is 6.30. The molecule has 1 saturated carbocycles. The molecular weight excluding hydrogens is 490 g/mol. The molecule has 1 aromatic carbocycles. The highest BCUT2D eigenvalue weighted by Gasteiger charge is 2.64. The summed E-state index contributed by atoms with van der Waals surface area (Å²) in [6.07, 6.45) is 0.482. The van der Waals surface area contributed by atoms with Crippen molar-refractivity contribution in [2.24, 2.45) is 16.7 Å². The Balaban J connectivity index is 1.74. The monoisotopic (exact) mass is 521 g/mol. The Labute approximate surface area is 220 Å². The Morgan fingerprint density at radius 2 is 1.92 bits per heavy atom. The fraction of sp³-hybridized carbons (Fsp3) is 0.448. The van der Waals surface area contributed by atoms with Crippen LogP contribution in [0.25, 0.3) is 0 Å². The van der Waals surface area contributed by atoms with Crippen molar-refractivity contribution in [1.29, 1.82) is 0 Å². The number of cyclic esters (lactones) is 1. The van der Waals surface area contributed by atoms with Crippen molar-refractivity contribution >= 4 is 29.2 Å². The van der Waals surface area contributed by atoms with Gasteiger partial charge in [0.25, 0.3) is 0 Å². The van der Waals surface area contributed by atoms with Crippen LogP contribution in [0.5, 0.6) is 0 Å². The minimum atomic E-state index is -1.27. The summed E-state index contributed by atoms with van der Waals surface area (Å²) in [7, 11) is 1.46. The molecule has 0 amide bonds. The number of para-hydroxylation sites is 1. The molecule has 0 unspecified atom stereocenters. The van der Waals surface area contributed by atoms with Crippen molar-refractivity contribution < 1.29 is 38.5 Å². The van der Waals surface area contributed by atoms with Gasteiger partial charge in [0, 0.05) is 61.2 Å². The molecule has 5 rings (SSSR count). The van der Waals surface area contributed by atoms with Crippen molar-refractivity contribution in [3.05, 3.63) is 64.6 Å². The molecule has 5 atom stereocenters. The number of ketones is 2. The molecule has 1 saturated heterocycles. The van der Waals surface area contributed by atoms with E-state index in [-0.39, 0.29) is 42.0 Å². The van der Waals surface area contributed by atoms with E-state index < -0.39 is 52.4 Å². The van der Waals surface area contributed by atoms with Crippen LogP contribution in [0, 0.1) is 16.7 Å². The minimum Gasteiger partial charge on any atom is -0.504 e. The standard InChI is InChI=1S/C29H31NO8/c1-15(31)37-19-12-28(2)18(10-11-20(28)32)22-24(19)29(3)21(14-36-4)38-27(35)17(23(29)26(34)25(22)33)13-30-16-8-6-5-7-9-16/h5-9,13,18-19,21,30,34H,10-12,14H2,1-4H3/b17-13-/t18-,19-,21+,28+,29+/m1/s1. The maximum atomic E-state index is 13.9. The number of hydrogen-bond acceptors (Lipinski definition) is 9. The predicted molar refractivity (Wildman–Crippen MR) is 136 cm³/mol. The van der Waals surface area contributed by atoms with Crippen LogP contribution in [0.4, 0.5) is 5.69 Å². The van der Waals surface area contributed by atoms with Crippen molar-refractivity contribution in [1.82, 2.24) is 0 Å². The zero-order valence-corrected chi connectivity index (χ0v) is 21.8. The lowest BCUT2D eigenvalue weighted by molar-refractivity contribution is -0.160. The Morgan fingerprint density at radius 1 is 1.21 bits per heavy atom. The average molecular weight is 522 g/mol. The zero-order chi connectivity index (χ0) is 27.4. The Morgan fingerprint density at radius 3 is 2.58 bits per heavy atom. The molecular formula is C29H31NO8. The van der Waals surface area contributed by atoms with Gasteiger partial charge in [0.2, 0.25) is 5.78 Å². The van der Waals surface area contributed by atoms with Crippen LogP contribution >= 0.6 is 0 Å². The summed E-state index contributed by atoms with van der Waals surface area (Å²) in [6.45, 7) is 4.80. The van der Waals surface area contributed by atoms with E-state index in [1.807, 2.05) is 18.2 Å². The van der Waals surface area contributed by atoms with Gasteiger partial charge in [-0.1, -0.05) is 25.1 Å². The van der Waals surface area contributed by atoms with Crippen LogP contribution in [-0.2, 0) is 33.4 Å². The van der Waals surface area contributed by atoms with Gasteiger partial charge in [-0.25, -0.2) is 4.79 Å². The molecule has 1 aromatic rings. The SMILES string of the molecule is COC[C@@H]1OC(=O)/C(=C\Nc2ccccc2)C2=C(O)C(=O)C3=C([C@H](OC(C)=O)C[C@]4(C)C(=O)CC[C@H]34)[C@]21C. The third kappa shape index (κ3) is 3.71. The topological polar surface area (TPSA) is 128 Å². The second-order valence-electron chi connectivity index (χ2n) is 10.7. The summed E-state index contributed by atoms with van der Waals surface area (Å²) >= 11 is 0. The fourth-order valence-electron chi connectivity index (χ4n) is 6.79. The quantitative estimate of drug-likeness (QED) is 0.441. The molecule has 38 heavy (non-hydrogen) atoms. The van der Waals surface area contributed by atoms with E-state index in [4.69, 9.17) is 14.2 Å². The number of carbonyl (C=O) groups is 4. The molecule has 2 fully saturated rings. The number of methoxy groups -OCH3 is 1. The highest BCUT2D eigenvalue weighted by molar-refractivity contribution is 6.14. The normalized spacial score (nSPS) is 33.5. The van der Waals surface area contributed by atoms with Crippen LogP contribution in [0.3, 0.4) is 0 Å². The van der Waals surface area contributed by atoms with Gasteiger partial charge in [0.1, 0.15) is 18.0 Å². The summed E-state index contributed by atoms with van der Waals surface area (Å²) < 4.78 is 17.1. The van der Waals surface area contributed by atoms with Crippen LogP contribution in [0.15, 0.2) is 64.6 Å². The van der Waals surface area contributed by atoms with Crippen molar-refractivity contribution in [2.75, 3.05) is 19.0 Å². The molecule has 2 N–H and O–H groups in total. The average Bonchev–Trinajstić information content (AvgIpc) is 3.16. The molecule has 200 valence electrons. The van der Waals surface area contributed by atoms with Crippen molar-refractivity contribution in [2.45, 2.75) is 52.2 Å². The number of ether oxygens (including phenoxy) is 3. The Hall–Kier alpha value is -3.72. The number of aliphatic hydroxyl groups is 1. The van der Waals surface area contributed by atoms with Gasteiger partial charge >= 0.3 is 11.9 Å². The number of Topliss-reactive ketones (excluding diaryl/α,β-unsaturated/α-hetero) is 2. The van der Waals surface area contributed by atoms with E-state index in [0.29, 0.717) is 17.7 Å². The third-order valence-corrected chi connectivity index (χ3v) is 8.58. The second-order valence-corrected chi connectivity index (χ2v) is 10.7. The van der Waals surface area contributed by atoms with Gasteiger partial charge in [-0.15, -0.1) is 0 Å². The van der Waals surface area contributed by atoms with E-state index in [1.165, 1.54) is 20.2 Å². The Bertz CT molecular complexity index is 1330. The molecule has 0 aromatic heterocycles. The number of nitrogens with one attached hydrogen (secondary N) is 1. The number of anilines is 1. The first-order valence-corrected chi connectivity index (χ1v) is 12.7. The molecule has 1 aliphatic heterocycles. The van der Waals surface area contributed by atoms with Gasteiger partial charge in [-0.05, 0) is 31.1 Å². The first kappa shape index (κ1) is 25.9. The van der Waals surface area contributed by atoms with E-state index in [9.17, 15) is 24.3 Å². The van der Waals surface area contributed by atoms with E-state index in [1.54, 1.807) is 26.0 Å². The summed E-state index contributed by atoms with van der Waals surface area (Å²) in [4.78, 5) is 52.4. The number of esters is 2. The van der Waals surface area contributed by atoms with Crippen LogP contribution in [0.2, 0.25) is 0 Å². The smallest absolute Gasteiger partial charge is 0.340 e. The number of fused-ring (bicyclic) bond motifs is 4. The van der Waals surface area contributed by atoms with E-state index in [0.717, 1.165) is 0 Å². The molecule has 0 radical (unpaired) electrons. The maximum absolute atomic E-state index is 13.9.